The molecule has 5 rings (SSSR count). The molecule has 6 heteroatoms. The fourth-order valence-electron chi connectivity index (χ4n) is 3.76. The molecular weight excluding hydrogens is 405 g/mol. The molecule has 0 amide bonds. The van der Waals surface area contributed by atoms with Crippen LogP contribution in [0.3, 0.4) is 0 Å². The highest BCUT2D eigenvalue weighted by atomic mass is 19.1. The number of carbonyl (C=O) groups excluding carboxylic acids is 1. The van der Waals surface area contributed by atoms with Gasteiger partial charge in [0.15, 0.2) is 5.78 Å². The number of carbonyl (C=O) groups is 1. The van der Waals surface area contributed by atoms with Crippen LogP contribution in [0.4, 0.5) is 4.39 Å². The lowest BCUT2D eigenvalue weighted by molar-refractivity contribution is 0.0992. The third kappa shape index (κ3) is 4.49. The Morgan fingerprint density at radius 3 is 2.62 bits per heavy atom. The first-order valence-corrected chi connectivity index (χ1v) is 10.8. The van der Waals surface area contributed by atoms with Crippen molar-refractivity contribution in [3.05, 3.63) is 84.2 Å². The molecule has 0 unspecified atom stereocenters. The van der Waals surface area contributed by atoms with Gasteiger partial charge in [-0.25, -0.2) is 9.37 Å². The SMILES string of the molecule is O=C(Cc1cc2cc(-c3cncc(OCC4CCC4)n3)ccc2cn1)c1ccc(F)cc1. The summed E-state index contributed by atoms with van der Waals surface area (Å²) < 4.78 is 18.9. The summed E-state index contributed by atoms with van der Waals surface area (Å²) in [7, 11) is 0. The predicted molar refractivity (Wildman–Crippen MR) is 120 cm³/mol. The molecular formula is C26H22FN3O2. The van der Waals surface area contributed by atoms with E-state index in [1.807, 2.05) is 24.3 Å². The molecule has 1 fully saturated rings. The highest BCUT2D eigenvalue weighted by molar-refractivity contribution is 5.97. The standard InChI is InChI=1S/C26H22FN3O2/c27-22-8-6-18(7-9-22)25(31)12-23-11-21-10-19(4-5-20(21)13-29-23)24-14-28-15-26(30-24)32-16-17-2-1-3-17/h4-11,13-15,17H,1-3,12,16H2. The van der Waals surface area contributed by atoms with Crippen LogP contribution in [0.2, 0.25) is 0 Å². The number of rotatable bonds is 7. The number of hydrogen-bond acceptors (Lipinski definition) is 5. The maximum atomic E-state index is 13.1. The highest BCUT2D eigenvalue weighted by Gasteiger charge is 2.18. The molecule has 1 aliphatic carbocycles. The van der Waals surface area contributed by atoms with Gasteiger partial charge < -0.3 is 4.74 Å². The number of fused-ring (bicyclic) bond motifs is 1. The lowest BCUT2D eigenvalue weighted by Crippen LogP contribution is -2.19. The Balaban J connectivity index is 1.36. The fourth-order valence-corrected chi connectivity index (χ4v) is 3.76. The Labute approximate surface area is 185 Å². The topological polar surface area (TPSA) is 65.0 Å². The minimum absolute atomic E-state index is 0.102. The molecule has 32 heavy (non-hydrogen) atoms. The summed E-state index contributed by atoms with van der Waals surface area (Å²) in [6.45, 7) is 0.687. The first-order chi connectivity index (χ1) is 15.6. The van der Waals surface area contributed by atoms with Gasteiger partial charge in [-0.05, 0) is 60.5 Å². The lowest BCUT2D eigenvalue weighted by atomic mass is 9.86. The van der Waals surface area contributed by atoms with Crippen LogP contribution < -0.4 is 4.74 Å². The predicted octanol–water partition coefficient (Wildman–Crippen LogP) is 5.44. The normalized spacial score (nSPS) is 13.7. The second-order valence-corrected chi connectivity index (χ2v) is 8.19. The summed E-state index contributed by atoms with van der Waals surface area (Å²) >= 11 is 0. The van der Waals surface area contributed by atoms with E-state index < -0.39 is 0 Å². The molecule has 2 aromatic carbocycles. The van der Waals surface area contributed by atoms with Gasteiger partial charge in [-0.3, -0.25) is 14.8 Å². The van der Waals surface area contributed by atoms with Crippen molar-refractivity contribution in [2.24, 2.45) is 5.92 Å². The van der Waals surface area contributed by atoms with Crippen LogP contribution in [0, 0.1) is 11.7 Å². The van der Waals surface area contributed by atoms with Crippen LogP contribution in [0.15, 0.2) is 67.1 Å². The highest BCUT2D eigenvalue weighted by Crippen LogP contribution is 2.28. The van der Waals surface area contributed by atoms with Gasteiger partial charge in [-0.1, -0.05) is 18.6 Å². The Bertz CT molecular complexity index is 1270. The van der Waals surface area contributed by atoms with Gasteiger partial charge in [0, 0.05) is 28.4 Å². The van der Waals surface area contributed by atoms with Gasteiger partial charge in [-0.15, -0.1) is 0 Å². The van der Waals surface area contributed by atoms with E-state index in [0.29, 0.717) is 29.7 Å². The molecule has 0 spiro atoms. The van der Waals surface area contributed by atoms with E-state index >= 15 is 0 Å². The van der Waals surface area contributed by atoms with E-state index in [0.717, 1.165) is 22.0 Å². The average Bonchev–Trinajstić information content (AvgIpc) is 2.78. The molecule has 2 aromatic heterocycles. The number of halogens is 1. The van der Waals surface area contributed by atoms with Crippen molar-refractivity contribution in [3.63, 3.8) is 0 Å². The summed E-state index contributed by atoms with van der Waals surface area (Å²) in [6, 6.07) is 13.5. The minimum atomic E-state index is -0.362. The minimum Gasteiger partial charge on any atom is -0.476 e. The molecule has 0 atom stereocenters. The molecule has 0 aliphatic heterocycles. The number of nitrogens with zero attached hydrogens (tertiary/aromatic N) is 3. The summed E-state index contributed by atoms with van der Waals surface area (Å²) in [5.41, 5.74) is 2.78. The first-order valence-electron chi connectivity index (χ1n) is 10.8. The summed E-state index contributed by atoms with van der Waals surface area (Å²) in [4.78, 5) is 25.8. The number of ether oxygens (including phenoxy) is 1. The smallest absolute Gasteiger partial charge is 0.232 e. The maximum Gasteiger partial charge on any atom is 0.232 e. The molecule has 0 N–H and O–H groups in total. The van der Waals surface area contributed by atoms with Crippen molar-refractivity contribution in [1.82, 2.24) is 15.0 Å². The van der Waals surface area contributed by atoms with Gasteiger partial charge in [0.2, 0.25) is 5.88 Å². The van der Waals surface area contributed by atoms with E-state index in [1.165, 1.54) is 43.5 Å². The largest absolute Gasteiger partial charge is 0.476 e. The van der Waals surface area contributed by atoms with Crippen LogP contribution in [0.25, 0.3) is 22.0 Å². The van der Waals surface area contributed by atoms with Gasteiger partial charge in [0.1, 0.15) is 5.82 Å². The molecule has 5 nitrogen and oxygen atoms in total. The lowest BCUT2D eigenvalue weighted by Gasteiger charge is -2.24. The third-order valence-corrected chi connectivity index (χ3v) is 5.89. The Morgan fingerprint density at radius 2 is 1.84 bits per heavy atom. The van der Waals surface area contributed by atoms with Crippen molar-refractivity contribution in [2.45, 2.75) is 25.7 Å². The number of aromatic nitrogens is 3. The Kier molecular flexibility index (Phi) is 5.58. The van der Waals surface area contributed by atoms with Crippen LogP contribution in [-0.2, 0) is 6.42 Å². The van der Waals surface area contributed by atoms with Crippen LogP contribution in [-0.4, -0.2) is 27.3 Å². The molecule has 160 valence electrons. The van der Waals surface area contributed by atoms with E-state index in [4.69, 9.17) is 4.74 Å². The molecule has 1 saturated carbocycles. The molecule has 4 aromatic rings. The molecule has 2 heterocycles. The van der Waals surface area contributed by atoms with Crippen LogP contribution in [0.1, 0.15) is 35.3 Å². The first kappa shape index (κ1) is 20.2. The number of ketones is 1. The number of pyridine rings is 1. The van der Waals surface area contributed by atoms with E-state index in [2.05, 4.69) is 15.0 Å². The number of Topliss-reactive ketones (excluding diaryl/α,β-unsaturated/α-hetero) is 1. The van der Waals surface area contributed by atoms with Gasteiger partial charge >= 0.3 is 0 Å². The third-order valence-electron chi connectivity index (χ3n) is 5.89. The van der Waals surface area contributed by atoms with Crippen molar-refractivity contribution >= 4 is 16.6 Å². The van der Waals surface area contributed by atoms with Crippen molar-refractivity contribution < 1.29 is 13.9 Å². The molecule has 0 bridgehead atoms. The number of hydrogen-bond donors (Lipinski definition) is 0. The second kappa shape index (κ2) is 8.83. The Morgan fingerprint density at radius 1 is 1.00 bits per heavy atom. The summed E-state index contributed by atoms with van der Waals surface area (Å²) in [6.07, 6.45) is 9.00. The summed E-state index contributed by atoms with van der Waals surface area (Å²) in [5, 5.41) is 1.93. The second-order valence-electron chi connectivity index (χ2n) is 8.19. The zero-order valence-corrected chi connectivity index (χ0v) is 17.5. The van der Waals surface area contributed by atoms with Gasteiger partial charge in [0.05, 0.1) is 31.1 Å². The van der Waals surface area contributed by atoms with E-state index in [-0.39, 0.29) is 18.0 Å². The molecule has 0 saturated heterocycles. The average molecular weight is 427 g/mol. The van der Waals surface area contributed by atoms with Crippen LogP contribution in [0.5, 0.6) is 5.88 Å². The van der Waals surface area contributed by atoms with Crippen molar-refractivity contribution in [1.29, 1.82) is 0 Å². The van der Waals surface area contributed by atoms with Gasteiger partial charge in [-0.2, -0.15) is 0 Å². The van der Waals surface area contributed by atoms with Gasteiger partial charge in [0.25, 0.3) is 0 Å². The number of benzene rings is 2. The summed E-state index contributed by atoms with van der Waals surface area (Å²) in [5.74, 6) is 0.702. The molecule has 0 radical (unpaired) electrons. The monoisotopic (exact) mass is 427 g/mol. The van der Waals surface area contributed by atoms with E-state index in [1.54, 1.807) is 18.6 Å². The molecule has 1 aliphatic rings. The van der Waals surface area contributed by atoms with E-state index in [9.17, 15) is 9.18 Å². The quantitative estimate of drug-likeness (QED) is 0.368. The van der Waals surface area contributed by atoms with Crippen molar-refractivity contribution in [2.75, 3.05) is 6.61 Å². The van der Waals surface area contributed by atoms with Crippen molar-refractivity contribution in [3.8, 4) is 17.1 Å². The zero-order chi connectivity index (χ0) is 21.9. The maximum absolute atomic E-state index is 13.1. The Hall–Kier alpha value is -3.67. The van der Waals surface area contributed by atoms with Crippen LogP contribution >= 0.6 is 0 Å². The fraction of sp³-hybridized carbons (Fsp3) is 0.231. The zero-order valence-electron chi connectivity index (χ0n) is 17.5.